The van der Waals surface area contributed by atoms with Crippen molar-refractivity contribution in [1.82, 2.24) is 0 Å². The van der Waals surface area contributed by atoms with E-state index in [2.05, 4.69) is 4.74 Å². The number of hydrogen-bond donors (Lipinski definition) is 1. The smallest absolute Gasteiger partial charge is 0.339 e. The lowest BCUT2D eigenvalue weighted by molar-refractivity contribution is -0.140. The van der Waals surface area contributed by atoms with Crippen LogP contribution in [0.15, 0.2) is 12.1 Å². The highest BCUT2D eigenvalue weighted by atomic mass is 35.5. The number of aromatic carboxylic acids is 1. The third kappa shape index (κ3) is 4.61. The Hall–Kier alpha value is -1.46. The van der Waals surface area contributed by atoms with Gasteiger partial charge in [0.05, 0.1) is 18.7 Å². The molecule has 0 aliphatic rings. The zero-order valence-corrected chi connectivity index (χ0v) is 11.6. The summed E-state index contributed by atoms with van der Waals surface area (Å²) in [6.07, 6.45) is 0.578. The lowest BCUT2D eigenvalue weighted by atomic mass is 10.2. The number of halogens is 2. The number of carbonyl (C=O) groups excluding carboxylic acids is 1. The second kappa shape index (κ2) is 7.21. The molecular formula is C12H12Cl2O5. The quantitative estimate of drug-likeness (QED) is 0.646. The van der Waals surface area contributed by atoms with Crippen LogP contribution in [0.4, 0.5) is 0 Å². The SMILES string of the molecule is COC(=O)CCCOc1c(Cl)cc(Cl)cc1C(=O)O. The Morgan fingerprint density at radius 3 is 2.58 bits per heavy atom. The maximum Gasteiger partial charge on any atom is 0.339 e. The molecule has 0 unspecified atom stereocenters. The number of ether oxygens (including phenoxy) is 2. The molecule has 0 bridgehead atoms. The maximum atomic E-state index is 11.0. The van der Waals surface area contributed by atoms with E-state index >= 15 is 0 Å². The number of hydrogen-bond acceptors (Lipinski definition) is 4. The average Bonchev–Trinajstić information content (AvgIpc) is 2.35. The van der Waals surface area contributed by atoms with Crippen LogP contribution in [-0.2, 0) is 9.53 Å². The fourth-order valence-corrected chi connectivity index (χ4v) is 1.91. The van der Waals surface area contributed by atoms with Crippen LogP contribution in [0.3, 0.4) is 0 Å². The number of esters is 1. The Morgan fingerprint density at radius 1 is 1.32 bits per heavy atom. The fraction of sp³-hybridized carbons (Fsp3) is 0.333. The summed E-state index contributed by atoms with van der Waals surface area (Å²) >= 11 is 11.6. The zero-order valence-electron chi connectivity index (χ0n) is 10.1. The number of rotatable bonds is 6. The van der Waals surface area contributed by atoms with Crippen molar-refractivity contribution >= 4 is 35.1 Å². The minimum atomic E-state index is -1.19. The summed E-state index contributed by atoms with van der Waals surface area (Å²) in [7, 11) is 1.29. The summed E-state index contributed by atoms with van der Waals surface area (Å²) in [5, 5.41) is 9.35. The van der Waals surface area contributed by atoms with E-state index in [1.54, 1.807) is 0 Å². The molecule has 0 aliphatic heterocycles. The third-order valence-corrected chi connectivity index (χ3v) is 2.74. The van der Waals surface area contributed by atoms with Crippen molar-refractivity contribution in [2.24, 2.45) is 0 Å². The van der Waals surface area contributed by atoms with Gasteiger partial charge in [-0.1, -0.05) is 23.2 Å². The molecular weight excluding hydrogens is 295 g/mol. The summed E-state index contributed by atoms with van der Waals surface area (Å²) in [6.45, 7) is 0.150. The van der Waals surface area contributed by atoms with Crippen LogP contribution in [0.25, 0.3) is 0 Å². The van der Waals surface area contributed by atoms with E-state index in [4.69, 9.17) is 33.0 Å². The highest BCUT2D eigenvalue weighted by Crippen LogP contribution is 2.32. The zero-order chi connectivity index (χ0) is 14.4. The Kier molecular flexibility index (Phi) is 5.92. The molecule has 0 radical (unpaired) electrons. The van der Waals surface area contributed by atoms with Gasteiger partial charge in [-0.05, 0) is 18.6 Å². The van der Waals surface area contributed by atoms with E-state index in [1.165, 1.54) is 19.2 Å². The molecule has 0 aliphatic carbocycles. The van der Waals surface area contributed by atoms with Gasteiger partial charge in [0.25, 0.3) is 0 Å². The maximum absolute atomic E-state index is 11.0. The largest absolute Gasteiger partial charge is 0.491 e. The average molecular weight is 307 g/mol. The topological polar surface area (TPSA) is 72.8 Å². The minimum absolute atomic E-state index is 0.0448. The van der Waals surface area contributed by atoms with E-state index in [1.807, 2.05) is 0 Å². The van der Waals surface area contributed by atoms with E-state index in [-0.39, 0.29) is 40.4 Å². The van der Waals surface area contributed by atoms with Gasteiger partial charge < -0.3 is 14.6 Å². The van der Waals surface area contributed by atoms with Gasteiger partial charge in [-0.3, -0.25) is 4.79 Å². The summed E-state index contributed by atoms with van der Waals surface area (Å²) in [5.41, 5.74) is -0.115. The van der Waals surface area contributed by atoms with Gasteiger partial charge in [0.15, 0.2) is 5.75 Å². The minimum Gasteiger partial charge on any atom is -0.491 e. The molecule has 1 N–H and O–H groups in total. The van der Waals surface area contributed by atoms with Gasteiger partial charge in [0.2, 0.25) is 0 Å². The number of carboxylic acids is 1. The molecule has 7 heteroatoms. The van der Waals surface area contributed by atoms with Crippen LogP contribution in [-0.4, -0.2) is 30.8 Å². The summed E-state index contributed by atoms with van der Waals surface area (Å²) in [5.74, 6) is -1.50. The van der Waals surface area contributed by atoms with Crippen molar-refractivity contribution in [2.45, 2.75) is 12.8 Å². The fourth-order valence-electron chi connectivity index (χ4n) is 1.36. The molecule has 1 aromatic rings. The van der Waals surface area contributed by atoms with Gasteiger partial charge in [-0.2, -0.15) is 0 Å². The highest BCUT2D eigenvalue weighted by molar-refractivity contribution is 6.36. The molecule has 1 rings (SSSR count). The lowest BCUT2D eigenvalue weighted by Crippen LogP contribution is -2.07. The molecule has 0 fully saturated rings. The number of carbonyl (C=O) groups is 2. The van der Waals surface area contributed by atoms with Crippen molar-refractivity contribution in [3.63, 3.8) is 0 Å². The molecule has 19 heavy (non-hydrogen) atoms. The van der Waals surface area contributed by atoms with Crippen molar-refractivity contribution in [3.8, 4) is 5.75 Å². The van der Waals surface area contributed by atoms with E-state index < -0.39 is 5.97 Å². The molecule has 5 nitrogen and oxygen atoms in total. The summed E-state index contributed by atoms with van der Waals surface area (Å²) < 4.78 is 9.77. The van der Waals surface area contributed by atoms with Crippen LogP contribution in [0.2, 0.25) is 10.0 Å². The van der Waals surface area contributed by atoms with E-state index in [9.17, 15) is 9.59 Å². The Labute approximate surface area is 120 Å². The van der Waals surface area contributed by atoms with Gasteiger partial charge in [0, 0.05) is 11.4 Å². The first-order chi connectivity index (χ1) is 8.95. The molecule has 104 valence electrons. The van der Waals surface area contributed by atoms with Crippen molar-refractivity contribution < 1.29 is 24.2 Å². The van der Waals surface area contributed by atoms with Gasteiger partial charge >= 0.3 is 11.9 Å². The Bertz CT molecular complexity index is 487. The number of carboxylic acid groups (broad SMARTS) is 1. The lowest BCUT2D eigenvalue weighted by Gasteiger charge is -2.11. The molecule has 0 saturated heterocycles. The number of methoxy groups -OCH3 is 1. The molecule has 0 saturated carbocycles. The normalized spacial score (nSPS) is 10.1. The first-order valence-corrected chi connectivity index (χ1v) is 6.13. The van der Waals surface area contributed by atoms with Crippen LogP contribution in [0.1, 0.15) is 23.2 Å². The standard InChI is InChI=1S/C12H12Cl2O5/c1-18-10(15)3-2-4-19-11-8(12(16)17)5-7(13)6-9(11)14/h5-6H,2-4H2,1H3,(H,16,17). The van der Waals surface area contributed by atoms with Crippen molar-refractivity contribution in [2.75, 3.05) is 13.7 Å². The first kappa shape index (κ1) is 15.6. The van der Waals surface area contributed by atoms with Crippen LogP contribution < -0.4 is 4.74 Å². The predicted octanol–water partition coefficient (Wildman–Crippen LogP) is 3.02. The molecule has 0 amide bonds. The van der Waals surface area contributed by atoms with Gasteiger partial charge in [0.1, 0.15) is 5.56 Å². The Morgan fingerprint density at radius 2 is 2.00 bits per heavy atom. The summed E-state index contributed by atoms with van der Waals surface area (Å²) in [6, 6.07) is 2.65. The van der Waals surface area contributed by atoms with E-state index in [0.717, 1.165) is 0 Å². The molecule has 1 aromatic carbocycles. The van der Waals surface area contributed by atoms with Crippen molar-refractivity contribution in [3.05, 3.63) is 27.7 Å². The molecule has 0 heterocycles. The second-order valence-electron chi connectivity index (χ2n) is 3.60. The van der Waals surface area contributed by atoms with Crippen LogP contribution >= 0.6 is 23.2 Å². The van der Waals surface area contributed by atoms with Gasteiger partial charge in [-0.15, -0.1) is 0 Å². The third-order valence-electron chi connectivity index (χ3n) is 2.24. The molecule has 0 aromatic heterocycles. The summed E-state index contributed by atoms with van der Waals surface area (Å²) in [4.78, 5) is 21.9. The number of benzene rings is 1. The second-order valence-corrected chi connectivity index (χ2v) is 4.44. The first-order valence-electron chi connectivity index (χ1n) is 5.37. The monoisotopic (exact) mass is 306 g/mol. The molecule has 0 atom stereocenters. The molecule has 0 spiro atoms. The highest BCUT2D eigenvalue weighted by Gasteiger charge is 2.16. The van der Waals surface area contributed by atoms with Gasteiger partial charge in [-0.25, -0.2) is 4.79 Å². The van der Waals surface area contributed by atoms with Crippen molar-refractivity contribution in [1.29, 1.82) is 0 Å². The van der Waals surface area contributed by atoms with Crippen LogP contribution in [0.5, 0.6) is 5.75 Å². The van der Waals surface area contributed by atoms with E-state index in [0.29, 0.717) is 6.42 Å². The Balaban J connectivity index is 2.72. The predicted molar refractivity (Wildman–Crippen MR) is 70.2 cm³/mol. The van der Waals surface area contributed by atoms with Crippen LogP contribution in [0, 0.1) is 0 Å².